The van der Waals surface area contributed by atoms with Crippen molar-refractivity contribution in [2.24, 2.45) is 0 Å². The van der Waals surface area contributed by atoms with E-state index < -0.39 is 0 Å². The van der Waals surface area contributed by atoms with Gasteiger partial charge in [0.15, 0.2) is 0 Å². The van der Waals surface area contributed by atoms with Gasteiger partial charge < -0.3 is 19.8 Å². The Morgan fingerprint density at radius 1 is 1.32 bits per heavy atom. The Hall–Kier alpha value is -1.75. The molecule has 0 atom stereocenters. The summed E-state index contributed by atoms with van der Waals surface area (Å²) in [6.07, 6.45) is 2.03. The molecular weight excluding hydrogens is 242 g/mol. The fourth-order valence-corrected chi connectivity index (χ4v) is 2.16. The summed E-state index contributed by atoms with van der Waals surface area (Å²) in [6.45, 7) is 4.21. The van der Waals surface area contributed by atoms with Crippen LogP contribution in [0.4, 0.5) is 5.95 Å². The number of ether oxygens (including phenoxy) is 2. The van der Waals surface area contributed by atoms with Crippen molar-refractivity contribution in [1.29, 1.82) is 0 Å². The molecule has 0 fully saturated rings. The van der Waals surface area contributed by atoms with Crippen LogP contribution >= 0.6 is 0 Å². The maximum Gasteiger partial charge on any atom is 0.201 e. The Morgan fingerprint density at radius 2 is 2.16 bits per heavy atom. The first kappa shape index (κ1) is 13.7. The highest BCUT2D eigenvalue weighted by atomic mass is 16.5. The second-order valence-electron chi connectivity index (χ2n) is 4.38. The van der Waals surface area contributed by atoms with Crippen LogP contribution in [0, 0.1) is 0 Å². The van der Waals surface area contributed by atoms with Crippen molar-refractivity contribution in [3.05, 3.63) is 18.2 Å². The molecule has 104 valence electrons. The van der Waals surface area contributed by atoms with Crippen LogP contribution in [-0.2, 0) is 11.3 Å². The standard InChI is InChI=1S/C14H21N3O2/c1-3-19-12-8-6-7-11-13(12)16-14(15)17(11)9-4-5-10-18-2/h6-8H,3-5,9-10H2,1-2H3,(H2,15,16). The van der Waals surface area contributed by atoms with Gasteiger partial charge in [0, 0.05) is 20.3 Å². The Balaban J connectivity index is 2.23. The average Bonchev–Trinajstić information content (AvgIpc) is 2.73. The molecule has 5 heteroatoms. The second-order valence-corrected chi connectivity index (χ2v) is 4.38. The number of methoxy groups -OCH3 is 1. The van der Waals surface area contributed by atoms with E-state index in [9.17, 15) is 0 Å². The third-order valence-corrected chi connectivity index (χ3v) is 3.05. The number of benzene rings is 1. The third kappa shape index (κ3) is 2.98. The van der Waals surface area contributed by atoms with Gasteiger partial charge in [0.05, 0.1) is 12.1 Å². The zero-order valence-electron chi connectivity index (χ0n) is 11.6. The second kappa shape index (κ2) is 6.43. The van der Waals surface area contributed by atoms with Crippen molar-refractivity contribution >= 4 is 17.0 Å². The van der Waals surface area contributed by atoms with Gasteiger partial charge in [-0.3, -0.25) is 0 Å². The highest BCUT2D eigenvalue weighted by Gasteiger charge is 2.11. The van der Waals surface area contributed by atoms with Crippen molar-refractivity contribution in [1.82, 2.24) is 9.55 Å². The molecule has 19 heavy (non-hydrogen) atoms. The van der Waals surface area contributed by atoms with Crippen molar-refractivity contribution in [2.75, 3.05) is 26.1 Å². The molecule has 0 amide bonds. The largest absolute Gasteiger partial charge is 0.492 e. The normalized spacial score (nSPS) is 11.1. The molecule has 0 aliphatic heterocycles. The summed E-state index contributed by atoms with van der Waals surface area (Å²) < 4.78 is 12.7. The molecule has 0 aliphatic carbocycles. The number of aromatic nitrogens is 2. The number of unbranched alkanes of at least 4 members (excludes halogenated alkanes) is 1. The van der Waals surface area contributed by atoms with Crippen molar-refractivity contribution in [2.45, 2.75) is 26.3 Å². The minimum Gasteiger partial charge on any atom is -0.492 e. The van der Waals surface area contributed by atoms with E-state index in [0.717, 1.165) is 42.8 Å². The summed E-state index contributed by atoms with van der Waals surface area (Å²) in [5, 5.41) is 0. The molecule has 0 saturated carbocycles. The molecule has 0 bridgehead atoms. The van der Waals surface area contributed by atoms with Crippen LogP contribution in [0.1, 0.15) is 19.8 Å². The van der Waals surface area contributed by atoms with E-state index in [1.165, 1.54) is 0 Å². The Bertz CT molecular complexity index is 537. The minimum absolute atomic E-state index is 0.541. The molecule has 0 saturated heterocycles. The SMILES string of the molecule is CCOc1cccc2c1nc(N)n2CCCCOC. The number of hydrogen-bond donors (Lipinski definition) is 1. The first-order valence-corrected chi connectivity index (χ1v) is 6.64. The number of fused-ring (bicyclic) bond motifs is 1. The molecule has 2 rings (SSSR count). The maximum absolute atomic E-state index is 6.00. The zero-order chi connectivity index (χ0) is 13.7. The molecule has 0 spiro atoms. The van der Waals surface area contributed by atoms with E-state index >= 15 is 0 Å². The molecule has 1 aromatic carbocycles. The van der Waals surface area contributed by atoms with Crippen molar-refractivity contribution in [3.8, 4) is 5.75 Å². The summed E-state index contributed by atoms with van der Waals surface area (Å²) in [6, 6.07) is 5.92. The zero-order valence-corrected chi connectivity index (χ0v) is 11.6. The van der Waals surface area contributed by atoms with E-state index in [2.05, 4.69) is 4.98 Å². The van der Waals surface area contributed by atoms with Crippen molar-refractivity contribution < 1.29 is 9.47 Å². The predicted octanol–water partition coefficient (Wildman–Crippen LogP) is 2.44. The lowest BCUT2D eigenvalue weighted by Gasteiger charge is -2.07. The number of nitrogen functional groups attached to an aromatic ring is 1. The fraction of sp³-hybridized carbons (Fsp3) is 0.500. The Labute approximate surface area is 113 Å². The molecular formula is C14H21N3O2. The highest BCUT2D eigenvalue weighted by molar-refractivity contribution is 5.84. The lowest BCUT2D eigenvalue weighted by molar-refractivity contribution is 0.191. The van der Waals surface area contributed by atoms with Crippen LogP contribution in [0.2, 0.25) is 0 Å². The number of hydrogen-bond acceptors (Lipinski definition) is 4. The first-order valence-electron chi connectivity index (χ1n) is 6.64. The predicted molar refractivity (Wildman–Crippen MR) is 76.4 cm³/mol. The monoisotopic (exact) mass is 263 g/mol. The summed E-state index contributed by atoms with van der Waals surface area (Å²) in [5.74, 6) is 1.34. The van der Waals surface area contributed by atoms with Gasteiger partial charge in [-0.15, -0.1) is 0 Å². The molecule has 0 unspecified atom stereocenters. The summed E-state index contributed by atoms with van der Waals surface area (Å²) in [5.41, 5.74) is 7.87. The van der Waals surface area contributed by atoms with Gasteiger partial charge in [-0.05, 0) is 31.9 Å². The van der Waals surface area contributed by atoms with Crippen LogP contribution in [0.5, 0.6) is 5.75 Å². The van der Waals surface area contributed by atoms with Crippen LogP contribution in [0.15, 0.2) is 18.2 Å². The number of imidazole rings is 1. The van der Waals surface area contributed by atoms with Gasteiger partial charge in [-0.2, -0.15) is 0 Å². The quantitative estimate of drug-likeness (QED) is 0.779. The number of nitrogens with two attached hydrogens (primary N) is 1. The molecule has 1 heterocycles. The van der Waals surface area contributed by atoms with Gasteiger partial charge in [0.25, 0.3) is 0 Å². The van der Waals surface area contributed by atoms with Gasteiger partial charge in [0.2, 0.25) is 5.95 Å². The van der Waals surface area contributed by atoms with Gasteiger partial charge in [0.1, 0.15) is 11.3 Å². The number of nitrogens with zero attached hydrogens (tertiary/aromatic N) is 2. The van der Waals surface area contributed by atoms with Crippen LogP contribution < -0.4 is 10.5 Å². The summed E-state index contributed by atoms with van der Waals surface area (Å²) >= 11 is 0. The molecule has 2 aromatic rings. The minimum atomic E-state index is 0.541. The molecule has 0 radical (unpaired) electrons. The molecule has 2 N–H and O–H groups in total. The van der Waals surface area contributed by atoms with Gasteiger partial charge >= 0.3 is 0 Å². The molecule has 0 aliphatic rings. The number of aryl methyl sites for hydroxylation is 1. The maximum atomic E-state index is 6.00. The van der Waals surface area contributed by atoms with E-state index in [4.69, 9.17) is 15.2 Å². The van der Waals surface area contributed by atoms with Gasteiger partial charge in [-0.25, -0.2) is 4.98 Å². The number of para-hydroxylation sites is 1. The fourth-order valence-electron chi connectivity index (χ4n) is 2.16. The van der Waals surface area contributed by atoms with Crippen LogP contribution in [0.25, 0.3) is 11.0 Å². The lowest BCUT2D eigenvalue weighted by Crippen LogP contribution is -2.04. The topological polar surface area (TPSA) is 62.3 Å². The van der Waals surface area contributed by atoms with Gasteiger partial charge in [-0.1, -0.05) is 6.07 Å². The Kier molecular flexibility index (Phi) is 4.63. The van der Waals surface area contributed by atoms with E-state index in [1.807, 2.05) is 29.7 Å². The lowest BCUT2D eigenvalue weighted by atomic mass is 10.2. The first-order chi connectivity index (χ1) is 9.27. The summed E-state index contributed by atoms with van der Waals surface area (Å²) in [7, 11) is 1.72. The number of anilines is 1. The molecule has 1 aromatic heterocycles. The number of rotatable bonds is 7. The highest BCUT2D eigenvalue weighted by Crippen LogP contribution is 2.27. The Morgan fingerprint density at radius 3 is 2.89 bits per heavy atom. The van der Waals surface area contributed by atoms with E-state index in [-0.39, 0.29) is 0 Å². The van der Waals surface area contributed by atoms with Crippen LogP contribution in [-0.4, -0.2) is 29.9 Å². The summed E-state index contributed by atoms with van der Waals surface area (Å²) in [4.78, 5) is 4.42. The smallest absolute Gasteiger partial charge is 0.201 e. The van der Waals surface area contributed by atoms with E-state index in [0.29, 0.717) is 12.6 Å². The molecule has 5 nitrogen and oxygen atoms in total. The average molecular weight is 263 g/mol. The van der Waals surface area contributed by atoms with Crippen LogP contribution in [0.3, 0.4) is 0 Å². The van der Waals surface area contributed by atoms with Crippen molar-refractivity contribution in [3.63, 3.8) is 0 Å². The third-order valence-electron chi connectivity index (χ3n) is 3.05. The van der Waals surface area contributed by atoms with E-state index in [1.54, 1.807) is 7.11 Å².